The molecule has 1 aliphatic carbocycles. The number of benzene rings is 1. The third-order valence-corrected chi connectivity index (χ3v) is 5.24. The van der Waals surface area contributed by atoms with Crippen molar-refractivity contribution in [2.45, 2.75) is 22.7 Å². The normalized spacial score (nSPS) is 20.2. The van der Waals surface area contributed by atoms with Gasteiger partial charge in [-0.05, 0) is 0 Å². The topological polar surface area (TPSA) is 0 Å². The number of hydrogen-bond acceptors (Lipinski definition) is 0. The van der Waals surface area contributed by atoms with Crippen LogP contribution in [0.4, 0.5) is 4.39 Å². The minimum atomic E-state index is -0.0897. The van der Waals surface area contributed by atoms with Crippen molar-refractivity contribution in [1.82, 2.24) is 0 Å². The third kappa shape index (κ3) is 1.39. The SMILES string of the molecule is Fc1cccc([C]2([SnH])CCC2)c1. The second-order valence-electron chi connectivity index (χ2n) is 3.52. The first-order valence-corrected chi connectivity index (χ1v) is 5.90. The van der Waals surface area contributed by atoms with E-state index in [1.54, 1.807) is 6.07 Å². The van der Waals surface area contributed by atoms with E-state index >= 15 is 0 Å². The Labute approximate surface area is 85.3 Å². The monoisotopic (exact) mass is 270 g/mol. The molecule has 12 heavy (non-hydrogen) atoms. The molecule has 0 saturated heterocycles. The van der Waals surface area contributed by atoms with Crippen LogP contribution in [0.15, 0.2) is 24.3 Å². The molecule has 0 nitrogen and oxygen atoms in total. The fraction of sp³-hybridized carbons (Fsp3) is 0.400. The number of rotatable bonds is 1. The van der Waals surface area contributed by atoms with E-state index in [9.17, 15) is 4.39 Å². The molecule has 0 bridgehead atoms. The Kier molecular flexibility index (Phi) is 2.15. The molecule has 0 atom stereocenters. The molecular weight excluding hydrogens is 258 g/mol. The van der Waals surface area contributed by atoms with Crippen molar-refractivity contribution in [3.63, 3.8) is 0 Å². The van der Waals surface area contributed by atoms with Gasteiger partial charge in [0.05, 0.1) is 0 Å². The fourth-order valence-electron chi connectivity index (χ4n) is 1.64. The molecule has 0 aromatic heterocycles. The van der Waals surface area contributed by atoms with Crippen LogP contribution in [0.1, 0.15) is 24.8 Å². The summed E-state index contributed by atoms with van der Waals surface area (Å²) >= 11 is 1.22. The summed E-state index contributed by atoms with van der Waals surface area (Å²) < 4.78 is 13.3. The Morgan fingerprint density at radius 1 is 1.33 bits per heavy atom. The van der Waals surface area contributed by atoms with Gasteiger partial charge in [0.15, 0.2) is 0 Å². The van der Waals surface area contributed by atoms with Gasteiger partial charge in [0, 0.05) is 0 Å². The molecule has 2 radical (unpaired) electrons. The third-order valence-electron chi connectivity index (χ3n) is 2.65. The van der Waals surface area contributed by atoms with Crippen molar-refractivity contribution in [2.75, 3.05) is 0 Å². The van der Waals surface area contributed by atoms with E-state index in [0.29, 0.717) is 3.43 Å². The first-order chi connectivity index (χ1) is 5.71. The van der Waals surface area contributed by atoms with Crippen molar-refractivity contribution in [1.29, 1.82) is 0 Å². The van der Waals surface area contributed by atoms with Gasteiger partial charge < -0.3 is 0 Å². The Morgan fingerprint density at radius 3 is 2.58 bits per heavy atom. The average Bonchev–Trinajstić information content (AvgIpc) is 2.00. The molecule has 1 saturated carbocycles. The molecule has 62 valence electrons. The number of hydrogen-bond donors (Lipinski definition) is 0. The fourth-order valence-corrected chi connectivity index (χ4v) is 3.32. The maximum absolute atomic E-state index is 12.9. The van der Waals surface area contributed by atoms with Crippen LogP contribution in [0.5, 0.6) is 0 Å². The summed E-state index contributed by atoms with van der Waals surface area (Å²) in [5, 5.41) is 0. The predicted molar refractivity (Wildman–Crippen MR) is 49.1 cm³/mol. The Morgan fingerprint density at radius 2 is 2.08 bits per heavy atom. The Bertz CT molecular complexity index is 292. The van der Waals surface area contributed by atoms with E-state index in [0.717, 1.165) is 0 Å². The van der Waals surface area contributed by atoms with Gasteiger partial charge in [0.1, 0.15) is 0 Å². The molecule has 0 N–H and O–H groups in total. The van der Waals surface area contributed by atoms with Crippen molar-refractivity contribution < 1.29 is 4.39 Å². The molecule has 0 spiro atoms. The second kappa shape index (κ2) is 3.02. The maximum atomic E-state index is 12.9. The minimum absolute atomic E-state index is 0.0897. The summed E-state index contributed by atoms with van der Waals surface area (Å²) in [4.78, 5) is 0. The summed E-state index contributed by atoms with van der Waals surface area (Å²) in [5.41, 5.74) is 1.22. The molecule has 2 heteroatoms. The second-order valence-corrected chi connectivity index (χ2v) is 6.67. The van der Waals surface area contributed by atoms with Crippen molar-refractivity contribution in [3.05, 3.63) is 35.6 Å². The van der Waals surface area contributed by atoms with Crippen LogP contribution < -0.4 is 0 Å². The Balaban J connectivity index is 2.33. The molecule has 1 fully saturated rings. The average molecular weight is 269 g/mol. The van der Waals surface area contributed by atoms with Crippen LogP contribution in [0.25, 0.3) is 0 Å². The molecular formula is C10H11FSn. The van der Waals surface area contributed by atoms with Gasteiger partial charge in [0.25, 0.3) is 0 Å². The van der Waals surface area contributed by atoms with Gasteiger partial charge in [-0.15, -0.1) is 0 Å². The molecule has 1 aromatic carbocycles. The van der Waals surface area contributed by atoms with E-state index in [4.69, 9.17) is 0 Å². The molecule has 0 unspecified atom stereocenters. The summed E-state index contributed by atoms with van der Waals surface area (Å²) in [6, 6.07) is 7.10. The van der Waals surface area contributed by atoms with Gasteiger partial charge in [-0.2, -0.15) is 0 Å². The van der Waals surface area contributed by atoms with E-state index < -0.39 is 0 Å². The zero-order valence-electron chi connectivity index (χ0n) is 6.89. The van der Waals surface area contributed by atoms with Gasteiger partial charge in [-0.3, -0.25) is 0 Å². The van der Waals surface area contributed by atoms with Crippen LogP contribution in [-0.4, -0.2) is 22.5 Å². The Hall–Kier alpha value is -0.0513. The van der Waals surface area contributed by atoms with Crippen LogP contribution in [0.3, 0.4) is 0 Å². The molecule has 2 rings (SSSR count). The zero-order chi connectivity index (χ0) is 8.60. The standard InChI is InChI=1S/C10H10F.Sn.H/c11-10-6-2-5-9(7-10)8-3-1-4-8;;/h2,5-7H,1,3-4H2;;. The predicted octanol–water partition coefficient (Wildman–Crippen LogP) is 2.11. The van der Waals surface area contributed by atoms with Gasteiger partial charge >= 0.3 is 85.3 Å². The van der Waals surface area contributed by atoms with Gasteiger partial charge in [-0.1, -0.05) is 0 Å². The molecule has 0 amide bonds. The van der Waals surface area contributed by atoms with Gasteiger partial charge in [-0.25, -0.2) is 0 Å². The van der Waals surface area contributed by atoms with E-state index in [-0.39, 0.29) is 5.82 Å². The van der Waals surface area contributed by atoms with Crippen molar-refractivity contribution >= 4 is 22.5 Å². The van der Waals surface area contributed by atoms with E-state index in [2.05, 4.69) is 6.07 Å². The van der Waals surface area contributed by atoms with Gasteiger partial charge in [0.2, 0.25) is 0 Å². The zero-order valence-corrected chi connectivity index (χ0v) is 10.2. The number of halogens is 1. The molecule has 0 aliphatic heterocycles. The quantitative estimate of drug-likeness (QED) is 0.685. The first-order valence-electron chi connectivity index (χ1n) is 4.26. The summed E-state index contributed by atoms with van der Waals surface area (Å²) in [7, 11) is 0. The van der Waals surface area contributed by atoms with Crippen LogP contribution >= 0.6 is 0 Å². The van der Waals surface area contributed by atoms with Crippen LogP contribution in [0.2, 0.25) is 0 Å². The summed E-state index contributed by atoms with van der Waals surface area (Å²) in [6.07, 6.45) is 3.84. The molecule has 1 aliphatic rings. The van der Waals surface area contributed by atoms with Crippen LogP contribution in [0, 0.1) is 5.82 Å². The van der Waals surface area contributed by atoms with Crippen molar-refractivity contribution in [2.24, 2.45) is 0 Å². The van der Waals surface area contributed by atoms with Crippen LogP contribution in [-0.2, 0) is 3.43 Å². The summed E-state index contributed by atoms with van der Waals surface area (Å²) in [6.45, 7) is 0. The summed E-state index contributed by atoms with van der Waals surface area (Å²) in [5.74, 6) is -0.0897. The first kappa shape index (κ1) is 8.54. The van der Waals surface area contributed by atoms with E-state index in [1.165, 1.54) is 53.4 Å². The molecule has 1 aromatic rings. The molecule has 0 heterocycles. The van der Waals surface area contributed by atoms with E-state index in [1.807, 2.05) is 6.07 Å². The van der Waals surface area contributed by atoms with Crippen molar-refractivity contribution in [3.8, 4) is 0 Å².